The molecule has 0 saturated carbocycles. The van der Waals surface area contributed by atoms with Crippen molar-refractivity contribution in [3.63, 3.8) is 0 Å². The molecule has 0 bridgehead atoms. The van der Waals surface area contributed by atoms with Crippen molar-refractivity contribution in [2.75, 3.05) is 6.54 Å². The monoisotopic (exact) mass is 441 g/mol. The van der Waals surface area contributed by atoms with E-state index >= 15 is 0 Å². The molecule has 166 valence electrons. The molecule has 2 amide bonds. The van der Waals surface area contributed by atoms with E-state index in [-0.39, 0.29) is 29.8 Å². The predicted molar refractivity (Wildman–Crippen MR) is 123 cm³/mol. The number of hydrogen-bond donors (Lipinski definition) is 2. The molecule has 2 N–H and O–H groups in total. The van der Waals surface area contributed by atoms with Crippen molar-refractivity contribution < 1.29 is 14.0 Å². The Bertz CT molecular complexity index is 1190. The fraction of sp³-hybridized carbons (Fsp3) is 0.200. The van der Waals surface area contributed by atoms with Gasteiger partial charge in [0.2, 0.25) is 5.91 Å². The number of fused-ring (bicyclic) bond motifs is 2. The molecule has 3 aliphatic rings. The van der Waals surface area contributed by atoms with E-state index in [9.17, 15) is 9.59 Å². The van der Waals surface area contributed by atoms with E-state index in [0.29, 0.717) is 24.6 Å². The van der Waals surface area contributed by atoms with Gasteiger partial charge in [0.15, 0.2) is 0 Å². The van der Waals surface area contributed by atoms with Crippen LogP contribution in [-0.2, 0) is 22.6 Å². The topological polar surface area (TPSA) is 102 Å². The molecule has 0 aliphatic carbocycles. The summed E-state index contributed by atoms with van der Waals surface area (Å²) < 4.78 is 5.48. The van der Waals surface area contributed by atoms with Gasteiger partial charge in [0.25, 0.3) is 5.91 Å². The van der Waals surface area contributed by atoms with Crippen molar-refractivity contribution in [2.24, 2.45) is 10.9 Å². The van der Waals surface area contributed by atoms with E-state index in [1.807, 2.05) is 36.4 Å². The highest BCUT2D eigenvalue weighted by Gasteiger charge is 2.45. The van der Waals surface area contributed by atoms with E-state index in [0.717, 1.165) is 5.56 Å². The Morgan fingerprint density at radius 3 is 2.79 bits per heavy atom. The summed E-state index contributed by atoms with van der Waals surface area (Å²) in [6.07, 6.45) is 10.2. The standard InChI is InChI=1S/C25H23N5O3/c26-22-19(24(31)27-12-11-17-7-2-1-3-8-17)15-20-23(30(22)16-18-9-6-14-33-18)28-21-10-4-5-13-29(21)25(20)32/h1-10,13-15,20,23,26H,11-12,16H2,(H,27,31). The SMILES string of the molecule is N=C1C(C(=O)NCCc2ccccc2)=CC2C(=O)N3C=CC=CC3=NC2N1Cc1ccco1. The number of allylic oxidation sites excluding steroid dienone is 2. The molecule has 8 heteroatoms. The smallest absolute Gasteiger partial charge is 0.254 e. The highest BCUT2D eigenvalue weighted by molar-refractivity contribution is 6.21. The summed E-state index contributed by atoms with van der Waals surface area (Å²) in [5.41, 5.74) is 1.28. The number of carbonyl (C=O) groups is 2. The maximum Gasteiger partial charge on any atom is 0.254 e. The first-order valence-electron chi connectivity index (χ1n) is 10.8. The highest BCUT2D eigenvalue weighted by atomic mass is 16.3. The first kappa shape index (κ1) is 20.7. The summed E-state index contributed by atoms with van der Waals surface area (Å²) in [4.78, 5) is 34.2. The molecule has 0 radical (unpaired) electrons. The molecule has 2 atom stereocenters. The van der Waals surface area contributed by atoms with Crippen LogP contribution in [0.1, 0.15) is 11.3 Å². The summed E-state index contributed by atoms with van der Waals surface area (Å²) in [5.74, 6) is -0.0919. The summed E-state index contributed by atoms with van der Waals surface area (Å²) in [6.45, 7) is 0.654. The van der Waals surface area contributed by atoms with Gasteiger partial charge in [-0.15, -0.1) is 0 Å². The first-order valence-corrected chi connectivity index (χ1v) is 10.8. The van der Waals surface area contributed by atoms with Gasteiger partial charge in [-0.2, -0.15) is 0 Å². The highest BCUT2D eigenvalue weighted by Crippen LogP contribution is 2.32. The maximum absolute atomic E-state index is 13.3. The number of nitrogens with zero attached hydrogens (tertiary/aromatic N) is 3. The van der Waals surface area contributed by atoms with Crippen molar-refractivity contribution in [1.29, 1.82) is 5.41 Å². The molecule has 5 rings (SSSR count). The minimum absolute atomic E-state index is 0.0193. The second kappa shape index (κ2) is 8.74. The number of amidine groups is 2. The molecule has 0 fully saturated rings. The van der Waals surface area contributed by atoms with Gasteiger partial charge in [-0.05, 0) is 36.3 Å². The number of amides is 2. The lowest BCUT2D eigenvalue weighted by Crippen LogP contribution is -2.56. The van der Waals surface area contributed by atoms with Gasteiger partial charge in [-0.25, -0.2) is 4.99 Å². The zero-order valence-corrected chi connectivity index (χ0v) is 17.8. The largest absolute Gasteiger partial charge is 0.467 e. The summed E-state index contributed by atoms with van der Waals surface area (Å²) in [6, 6.07) is 13.4. The van der Waals surface area contributed by atoms with Crippen LogP contribution < -0.4 is 5.32 Å². The van der Waals surface area contributed by atoms with Crippen LogP contribution in [0.25, 0.3) is 0 Å². The number of aliphatic imine (C=N–C) groups is 1. The third-order valence-corrected chi connectivity index (χ3v) is 5.85. The molecule has 1 aromatic carbocycles. The van der Waals surface area contributed by atoms with E-state index in [2.05, 4.69) is 5.32 Å². The first-order chi connectivity index (χ1) is 16.1. The van der Waals surface area contributed by atoms with Crippen LogP contribution >= 0.6 is 0 Å². The van der Waals surface area contributed by atoms with Gasteiger partial charge in [0.05, 0.1) is 24.3 Å². The predicted octanol–water partition coefficient (Wildman–Crippen LogP) is 2.62. The Morgan fingerprint density at radius 2 is 2.00 bits per heavy atom. The molecular formula is C25H23N5O3. The minimum atomic E-state index is -0.691. The van der Waals surface area contributed by atoms with Crippen LogP contribution in [-0.4, -0.2) is 46.0 Å². The van der Waals surface area contributed by atoms with E-state index in [4.69, 9.17) is 14.8 Å². The average molecular weight is 441 g/mol. The third-order valence-electron chi connectivity index (χ3n) is 5.85. The van der Waals surface area contributed by atoms with Crippen LogP contribution in [0.3, 0.4) is 0 Å². The molecular weight excluding hydrogens is 418 g/mol. The molecule has 0 saturated heterocycles. The van der Waals surface area contributed by atoms with E-state index in [1.54, 1.807) is 47.7 Å². The van der Waals surface area contributed by atoms with Crippen LogP contribution in [0.4, 0.5) is 0 Å². The summed E-state index contributed by atoms with van der Waals surface area (Å²) >= 11 is 0. The zero-order chi connectivity index (χ0) is 22.8. The second-order valence-electron chi connectivity index (χ2n) is 7.96. The minimum Gasteiger partial charge on any atom is -0.467 e. The molecule has 0 spiro atoms. The molecule has 8 nitrogen and oxygen atoms in total. The van der Waals surface area contributed by atoms with Crippen LogP contribution in [0, 0.1) is 11.3 Å². The molecule has 2 unspecified atom stereocenters. The summed E-state index contributed by atoms with van der Waals surface area (Å²) in [7, 11) is 0. The maximum atomic E-state index is 13.3. The average Bonchev–Trinajstić information content (AvgIpc) is 3.35. The van der Waals surface area contributed by atoms with Crippen LogP contribution in [0.2, 0.25) is 0 Å². The van der Waals surface area contributed by atoms with Gasteiger partial charge < -0.3 is 14.6 Å². The number of rotatable bonds is 6. The lowest BCUT2D eigenvalue weighted by atomic mass is 9.91. The van der Waals surface area contributed by atoms with Gasteiger partial charge >= 0.3 is 0 Å². The molecule has 4 heterocycles. The fourth-order valence-electron chi connectivity index (χ4n) is 4.18. The van der Waals surface area contributed by atoms with Crippen molar-refractivity contribution in [3.8, 4) is 0 Å². The van der Waals surface area contributed by atoms with Crippen molar-refractivity contribution in [2.45, 2.75) is 19.1 Å². The normalized spacial score (nSPS) is 21.3. The zero-order valence-electron chi connectivity index (χ0n) is 17.8. The Hall–Kier alpha value is -4.20. The quantitative estimate of drug-likeness (QED) is 0.719. The Labute approximate surface area is 191 Å². The second-order valence-corrected chi connectivity index (χ2v) is 7.96. The van der Waals surface area contributed by atoms with Crippen LogP contribution in [0.5, 0.6) is 0 Å². The lowest BCUT2D eigenvalue weighted by Gasteiger charge is -2.43. The van der Waals surface area contributed by atoms with Gasteiger partial charge in [-0.1, -0.05) is 42.5 Å². The Morgan fingerprint density at radius 1 is 1.15 bits per heavy atom. The van der Waals surface area contributed by atoms with Crippen molar-refractivity contribution in [1.82, 2.24) is 15.1 Å². The van der Waals surface area contributed by atoms with E-state index < -0.39 is 12.1 Å². The van der Waals surface area contributed by atoms with E-state index in [1.165, 1.54) is 4.90 Å². The summed E-state index contributed by atoms with van der Waals surface area (Å²) in [5, 5.41) is 11.7. The van der Waals surface area contributed by atoms with Crippen molar-refractivity contribution in [3.05, 3.63) is 96.1 Å². The molecule has 2 aromatic rings. The number of furan rings is 1. The Kier molecular flexibility index (Phi) is 5.48. The fourth-order valence-corrected chi connectivity index (χ4v) is 4.18. The van der Waals surface area contributed by atoms with Gasteiger partial charge in [0, 0.05) is 12.7 Å². The number of carbonyl (C=O) groups excluding carboxylic acids is 2. The molecule has 1 aromatic heterocycles. The number of hydrogen-bond acceptors (Lipinski definition) is 5. The van der Waals surface area contributed by atoms with Gasteiger partial charge in [0.1, 0.15) is 23.6 Å². The number of nitrogens with one attached hydrogen (secondary N) is 2. The van der Waals surface area contributed by atoms with Crippen molar-refractivity contribution >= 4 is 23.5 Å². The molecule has 33 heavy (non-hydrogen) atoms. The lowest BCUT2D eigenvalue weighted by molar-refractivity contribution is -0.130. The Balaban J connectivity index is 1.42. The number of benzene rings is 1. The third kappa shape index (κ3) is 4.03. The van der Waals surface area contributed by atoms with Gasteiger partial charge in [-0.3, -0.25) is 19.9 Å². The molecule has 3 aliphatic heterocycles. The van der Waals surface area contributed by atoms with Crippen LogP contribution in [0.15, 0.2) is 94.2 Å².